The zero-order valence-corrected chi connectivity index (χ0v) is 14.0. The Bertz CT molecular complexity index is 595. The van der Waals surface area contributed by atoms with Gasteiger partial charge in [0.25, 0.3) is 0 Å². The van der Waals surface area contributed by atoms with Crippen molar-refractivity contribution in [1.82, 2.24) is 0 Å². The average Bonchev–Trinajstić information content (AvgIpc) is 2.56. The maximum atomic E-state index is 13.0. The molecule has 0 fully saturated rings. The van der Waals surface area contributed by atoms with E-state index in [2.05, 4.69) is 19.9 Å². The van der Waals surface area contributed by atoms with Crippen LogP contribution < -0.4 is 10.5 Å². The number of rotatable bonds is 8. The highest BCUT2D eigenvalue weighted by molar-refractivity contribution is 5.35. The van der Waals surface area contributed by atoms with Gasteiger partial charge in [-0.25, -0.2) is 4.39 Å². The second kappa shape index (κ2) is 8.68. The molecule has 0 aromatic heterocycles. The Morgan fingerprint density at radius 3 is 2.39 bits per heavy atom. The van der Waals surface area contributed by atoms with Crippen LogP contribution in [0, 0.1) is 5.82 Å². The average molecular weight is 315 g/mol. The van der Waals surface area contributed by atoms with Crippen LogP contribution in [-0.2, 0) is 0 Å². The molecule has 3 heteroatoms. The summed E-state index contributed by atoms with van der Waals surface area (Å²) >= 11 is 0. The zero-order valence-electron chi connectivity index (χ0n) is 14.0. The van der Waals surface area contributed by atoms with Gasteiger partial charge >= 0.3 is 0 Å². The summed E-state index contributed by atoms with van der Waals surface area (Å²) in [6.07, 6.45) is 1.86. The van der Waals surface area contributed by atoms with Crippen LogP contribution in [0.5, 0.6) is 5.75 Å². The molecule has 0 amide bonds. The summed E-state index contributed by atoms with van der Waals surface area (Å²) in [5.74, 6) is 1.45. The van der Waals surface area contributed by atoms with Crippen molar-refractivity contribution in [3.05, 3.63) is 65.5 Å². The highest BCUT2D eigenvalue weighted by Gasteiger charge is 2.11. The third-order valence-corrected chi connectivity index (χ3v) is 4.12. The van der Waals surface area contributed by atoms with E-state index in [0.717, 1.165) is 24.2 Å². The lowest BCUT2D eigenvalue weighted by atomic mass is 9.94. The van der Waals surface area contributed by atoms with Gasteiger partial charge in [-0.1, -0.05) is 44.2 Å². The third kappa shape index (κ3) is 5.07. The lowest BCUT2D eigenvalue weighted by Gasteiger charge is -2.17. The Hall–Kier alpha value is -1.87. The van der Waals surface area contributed by atoms with E-state index in [4.69, 9.17) is 10.5 Å². The zero-order chi connectivity index (χ0) is 16.7. The van der Waals surface area contributed by atoms with Gasteiger partial charge in [-0.15, -0.1) is 0 Å². The molecule has 0 saturated heterocycles. The second-order valence-electron chi connectivity index (χ2n) is 6.17. The molecule has 1 atom stereocenters. The van der Waals surface area contributed by atoms with Crippen molar-refractivity contribution in [1.29, 1.82) is 0 Å². The summed E-state index contributed by atoms with van der Waals surface area (Å²) in [7, 11) is 0. The van der Waals surface area contributed by atoms with E-state index in [1.165, 1.54) is 17.7 Å². The minimum Gasteiger partial charge on any atom is -0.493 e. The number of para-hydroxylation sites is 1. The molecule has 0 aliphatic carbocycles. The van der Waals surface area contributed by atoms with E-state index < -0.39 is 0 Å². The van der Waals surface area contributed by atoms with Gasteiger partial charge in [-0.2, -0.15) is 0 Å². The number of hydrogen-bond donors (Lipinski definition) is 1. The molecule has 0 bridgehead atoms. The van der Waals surface area contributed by atoms with Crippen molar-refractivity contribution in [3.63, 3.8) is 0 Å². The molecule has 0 heterocycles. The standard InChI is InChI=1S/C20H26FNO/c1-15(2)19-7-3-4-8-20(19)23-13-5-6-17(14-22)16-9-11-18(21)12-10-16/h3-4,7-12,15,17H,5-6,13-14,22H2,1-2H3. The first-order valence-corrected chi connectivity index (χ1v) is 8.29. The highest BCUT2D eigenvalue weighted by atomic mass is 19.1. The first-order valence-electron chi connectivity index (χ1n) is 8.29. The summed E-state index contributed by atoms with van der Waals surface area (Å²) in [4.78, 5) is 0. The number of hydrogen-bond acceptors (Lipinski definition) is 2. The summed E-state index contributed by atoms with van der Waals surface area (Å²) < 4.78 is 18.9. The predicted octanol–water partition coefficient (Wildman–Crippen LogP) is 4.85. The third-order valence-electron chi connectivity index (χ3n) is 4.12. The van der Waals surface area contributed by atoms with E-state index >= 15 is 0 Å². The van der Waals surface area contributed by atoms with E-state index in [0.29, 0.717) is 19.1 Å². The van der Waals surface area contributed by atoms with E-state index in [-0.39, 0.29) is 11.7 Å². The second-order valence-corrected chi connectivity index (χ2v) is 6.17. The summed E-state index contributed by atoms with van der Waals surface area (Å²) in [5.41, 5.74) is 8.20. The quantitative estimate of drug-likeness (QED) is 0.707. The SMILES string of the molecule is CC(C)c1ccccc1OCCCC(CN)c1ccc(F)cc1. The first-order chi connectivity index (χ1) is 11.1. The lowest BCUT2D eigenvalue weighted by Crippen LogP contribution is -2.14. The fourth-order valence-electron chi connectivity index (χ4n) is 2.76. The van der Waals surface area contributed by atoms with Gasteiger partial charge < -0.3 is 10.5 Å². The van der Waals surface area contributed by atoms with E-state index in [1.807, 2.05) is 30.3 Å². The molecule has 0 aliphatic rings. The van der Waals surface area contributed by atoms with Crippen molar-refractivity contribution in [3.8, 4) is 5.75 Å². The van der Waals surface area contributed by atoms with Crippen LogP contribution in [0.15, 0.2) is 48.5 Å². The molecule has 2 aromatic carbocycles. The van der Waals surface area contributed by atoms with Crippen LogP contribution in [0.25, 0.3) is 0 Å². The molecule has 2 aromatic rings. The molecule has 0 aliphatic heterocycles. The Balaban J connectivity index is 1.86. The van der Waals surface area contributed by atoms with Crippen molar-refractivity contribution < 1.29 is 9.13 Å². The minimum atomic E-state index is -0.210. The molecule has 1 unspecified atom stereocenters. The fraction of sp³-hybridized carbons (Fsp3) is 0.400. The lowest BCUT2D eigenvalue weighted by molar-refractivity contribution is 0.298. The maximum Gasteiger partial charge on any atom is 0.123 e. The fourth-order valence-corrected chi connectivity index (χ4v) is 2.76. The summed E-state index contributed by atoms with van der Waals surface area (Å²) in [6, 6.07) is 14.8. The van der Waals surface area contributed by atoms with Crippen LogP contribution >= 0.6 is 0 Å². The Morgan fingerprint density at radius 2 is 1.74 bits per heavy atom. The predicted molar refractivity (Wildman–Crippen MR) is 93.5 cm³/mol. The Morgan fingerprint density at radius 1 is 1.04 bits per heavy atom. The van der Waals surface area contributed by atoms with Gasteiger partial charge in [0.1, 0.15) is 11.6 Å². The molecule has 0 saturated carbocycles. The molecular weight excluding hydrogens is 289 g/mol. The van der Waals surface area contributed by atoms with E-state index in [9.17, 15) is 4.39 Å². The smallest absolute Gasteiger partial charge is 0.123 e. The maximum absolute atomic E-state index is 13.0. The van der Waals surface area contributed by atoms with Gasteiger partial charge in [0.2, 0.25) is 0 Å². The van der Waals surface area contributed by atoms with Gasteiger partial charge in [0.15, 0.2) is 0 Å². The van der Waals surface area contributed by atoms with Crippen LogP contribution in [0.2, 0.25) is 0 Å². The number of nitrogens with two attached hydrogens (primary N) is 1. The molecule has 0 radical (unpaired) electrons. The normalized spacial score (nSPS) is 12.4. The van der Waals surface area contributed by atoms with Crippen molar-refractivity contribution in [2.75, 3.05) is 13.2 Å². The first kappa shape index (κ1) is 17.5. The Labute approximate surface area is 138 Å². The van der Waals surface area contributed by atoms with Crippen LogP contribution in [0.1, 0.15) is 49.7 Å². The van der Waals surface area contributed by atoms with Crippen LogP contribution in [-0.4, -0.2) is 13.2 Å². The van der Waals surface area contributed by atoms with Gasteiger partial charge in [0.05, 0.1) is 6.61 Å². The molecule has 2 rings (SSSR count). The van der Waals surface area contributed by atoms with Gasteiger partial charge in [-0.05, 0) is 60.5 Å². The summed E-state index contributed by atoms with van der Waals surface area (Å²) in [5, 5.41) is 0. The molecule has 2 nitrogen and oxygen atoms in total. The van der Waals surface area contributed by atoms with Crippen molar-refractivity contribution in [2.45, 2.75) is 38.5 Å². The number of benzene rings is 2. The van der Waals surface area contributed by atoms with Crippen molar-refractivity contribution in [2.24, 2.45) is 5.73 Å². The summed E-state index contributed by atoms with van der Waals surface area (Å²) in [6.45, 7) is 5.57. The molecule has 23 heavy (non-hydrogen) atoms. The largest absolute Gasteiger partial charge is 0.493 e. The highest BCUT2D eigenvalue weighted by Crippen LogP contribution is 2.26. The molecule has 124 valence electrons. The van der Waals surface area contributed by atoms with E-state index in [1.54, 1.807) is 0 Å². The molecular formula is C20H26FNO. The van der Waals surface area contributed by atoms with Crippen LogP contribution in [0.3, 0.4) is 0 Å². The van der Waals surface area contributed by atoms with Gasteiger partial charge in [-0.3, -0.25) is 0 Å². The molecule has 2 N–H and O–H groups in total. The monoisotopic (exact) mass is 315 g/mol. The van der Waals surface area contributed by atoms with Gasteiger partial charge in [0, 0.05) is 0 Å². The number of ether oxygens (including phenoxy) is 1. The minimum absolute atomic E-state index is 0.210. The topological polar surface area (TPSA) is 35.2 Å². The van der Waals surface area contributed by atoms with Crippen molar-refractivity contribution >= 4 is 0 Å². The number of halogens is 1. The molecule has 0 spiro atoms. The Kier molecular flexibility index (Phi) is 6.60. The van der Waals surface area contributed by atoms with Crippen LogP contribution in [0.4, 0.5) is 4.39 Å².